The van der Waals surface area contributed by atoms with Crippen molar-refractivity contribution in [2.75, 3.05) is 6.79 Å². The van der Waals surface area contributed by atoms with E-state index < -0.39 is 5.91 Å². The van der Waals surface area contributed by atoms with Crippen molar-refractivity contribution >= 4 is 22.9 Å². The average Bonchev–Trinajstić information content (AvgIpc) is 3.34. The molecule has 0 saturated carbocycles. The second-order valence-electron chi connectivity index (χ2n) is 6.43. The molecule has 0 aliphatic carbocycles. The minimum atomic E-state index is -0.409. The van der Waals surface area contributed by atoms with E-state index in [0.717, 1.165) is 28.6 Å². The summed E-state index contributed by atoms with van der Waals surface area (Å²) in [5.41, 5.74) is 2.87. The van der Waals surface area contributed by atoms with Crippen LogP contribution >= 0.6 is 0 Å². The second kappa shape index (κ2) is 7.49. The van der Waals surface area contributed by atoms with Crippen molar-refractivity contribution in [1.82, 2.24) is 9.88 Å². The molecule has 6 nitrogen and oxygen atoms in total. The Hall–Kier alpha value is -3.72. The number of nitrogens with one attached hydrogen (secondary N) is 1. The van der Waals surface area contributed by atoms with Crippen LogP contribution in [0.1, 0.15) is 18.1 Å². The maximum Gasteiger partial charge on any atom is 0.262 e. The lowest BCUT2D eigenvalue weighted by Crippen LogP contribution is -2.23. The van der Waals surface area contributed by atoms with E-state index in [1.165, 1.54) is 0 Å². The number of nitrogens with zero attached hydrogens (tertiary/aromatic N) is 2. The third-order valence-corrected chi connectivity index (χ3v) is 4.72. The van der Waals surface area contributed by atoms with E-state index in [4.69, 9.17) is 9.47 Å². The minimum absolute atomic E-state index is 0.0692. The fourth-order valence-electron chi connectivity index (χ4n) is 3.28. The summed E-state index contributed by atoms with van der Waals surface area (Å²) in [5.74, 6) is 0.948. The molecular formula is C22H19N3O3. The smallest absolute Gasteiger partial charge is 0.262 e. The summed E-state index contributed by atoms with van der Waals surface area (Å²) in [5, 5.41) is 13.3. The van der Waals surface area contributed by atoms with E-state index in [1.807, 2.05) is 54.7 Å². The van der Waals surface area contributed by atoms with Crippen LogP contribution < -0.4 is 14.8 Å². The van der Waals surface area contributed by atoms with Crippen LogP contribution in [-0.2, 0) is 17.9 Å². The molecule has 4 rings (SSSR count). The molecule has 3 aromatic rings. The molecular weight excluding hydrogens is 354 g/mol. The number of nitriles is 1. The van der Waals surface area contributed by atoms with Crippen LogP contribution in [0.4, 0.5) is 0 Å². The lowest BCUT2D eigenvalue weighted by Gasteiger charge is -2.05. The van der Waals surface area contributed by atoms with E-state index in [1.54, 1.807) is 6.08 Å². The normalized spacial score (nSPS) is 12.8. The Morgan fingerprint density at radius 2 is 2.07 bits per heavy atom. The molecule has 0 unspecified atom stereocenters. The molecule has 2 aromatic carbocycles. The van der Waals surface area contributed by atoms with Gasteiger partial charge in [-0.15, -0.1) is 0 Å². The van der Waals surface area contributed by atoms with Crippen LogP contribution in [0, 0.1) is 11.3 Å². The van der Waals surface area contributed by atoms with Crippen LogP contribution in [0.25, 0.3) is 17.0 Å². The molecule has 1 aliphatic heterocycles. The molecule has 0 spiro atoms. The maximum atomic E-state index is 12.5. The van der Waals surface area contributed by atoms with Crippen molar-refractivity contribution in [2.45, 2.75) is 20.0 Å². The zero-order chi connectivity index (χ0) is 19.5. The standard InChI is InChI=1S/C22H19N3O3/c1-2-25-13-17(18-5-3-4-6-19(18)25)10-16(11-23)22(26)24-12-15-7-8-20-21(9-15)28-14-27-20/h3-10,13H,2,12,14H2,1H3,(H,24,26)/b16-10+. The van der Waals surface area contributed by atoms with E-state index in [0.29, 0.717) is 18.0 Å². The van der Waals surface area contributed by atoms with Gasteiger partial charge in [0.1, 0.15) is 11.6 Å². The van der Waals surface area contributed by atoms with Gasteiger partial charge in [-0.1, -0.05) is 24.3 Å². The number of carbonyl (C=O) groups is 1. The molecule has 2 heterocycles. The predicted molar refractivity (Wildman–Crippen MR) is 106 cm³/mol. The van der Waals surface area contributed by atoms with E-state index in [9.17, 15) is 10.1 Å². The largest absolute Gasteiger partial charge is 0.454 e. The number of amides is 1. The highest BCUT2D eigenvalue weighted by molar-refractivity contribution is 6.04. The first-order chi connectivity index (χ1) is 13.7. The quantitative estimate of drug-likeness (QED) is 0.547. The Bertz CT molecular complexity index is 1120. The van der Waals surface area contributed by atoms with Gasteiger partial charge >= 0.3 is 0 Å². The molecule has 1 N–H and O–H groups in total. The van der Waals surface area contributed by atoms with Gasteiger partial charge in [-0.25, -0.2) is 0 Å². The van der Waals surface area contributed by atoms with Crippen LogP contribution in [-0.4, -0.2) is 17.3 Å². The third-order valence-electron chi connectivity index (χ3n) is 4.72. The number of hydrogen-bond acceptors (Lipinski definition) is 4. The van der Waals surface area contributed by atoms with Crippen molar-refractivity contribution < 1.29 is 14.3 Å². The van der Waals surface area contributed by atoms with E-state index in [-0.39, 0.29) is 12.4 Å². The summed E-state index contributed by atoms with van der Waals surface area (Å²) >= 11 is 0. The van der Waals surface area contributed by atoms with Gasteiger partial charge in [0.25, 0.3) is 5.91 Å². The van der Waals surface area contributed by atoms with Gasteiger partial charge in [-0.2, -0.15) is 5.26 Å². The van der Waals surface area contributed by atoms with Crippen molar-refractivity contribution in [3.05, 3.63) is 65.4 Å². The number of ether oxygens (including phenoxy) is 2. The average molecular weight is 373 g/mol. The summed E-state index contributed by atoms with van der Waals surface area (Å²) in [6, 6.07) is 15.5. The van der Waals surface area contributed by atoms with Gasteiger partial charge in [-0.3, -0.25) is 4.79 Å². The fraction of sp³-hybridized carbons (Fsp3) is 0.182. The minimum Gasteiger partial charge on any atom is -0.454 e. The molecule has 1 aromatic heterocycles. The number of hydrogen-bond donors (Lipinski definition) is 1. The number of carbonyl (C=O) groups excluding carboxylic acids is 1. The summed E-state index contributed by atoms with van der Waals surface area (Å²) in [7, 11) is 0. The van der Waals surface area contributed by atoms with Gasteiger partial charge in [0.05, 0.1) is 0 Å². The fourth-order valence-corrected chi connectivity index (χ4v) is 3.28. The first-order valence-electron chi connectivity index (χ1n) is 9.06. The van der Waals surface area contributed by atoms with Gasteiger partial charge < -0.3 is 19.4 Å². The van der Waals surface area contributed by atoms with Crippen molar-refractivity contribution in [2.24, 2.45) is 0 Å². The van der Waals surface area contributed by atoms with Gasteiger partial charge in [0, 0.05) is 35.8 Å². The number of para-hydroxylation sites is 1. The van der Waals surface area contributed by atoms with E-state index in [2.05, 4.69) is 16.8 Å². The van der Waals surface area contributed by atoms with Crippen LogP contribution in [0.15, 0.2) is 54.2 Å². The molecule has 0 bridgehead atoms. The summed E-state index contributed by atoms with van der Waals surface area (Å²) in [6.45, 7) is 3.37. The molecule has 1 aliphatic rings. The lowest BCUT2D eigenvalue weighted by molar-refractivity contribution is -0.117. The Morgan fingerprint density at radius 1 is 1.25 bits per heavy atom. The van der Waals surface area contributed by atoms with Crippen molar-refractivity contribution in [1.29, 1.82) is 5.26 Å². The lowest BCUT2D eigenvalue weighted by atomic mass is 10.1. The predicted octanol–water partition coefficient (Wildman–Crippen LogP) is 3.61. The highest BCUT2D eigenvalue weighted by atomic mass is 16.7. The van der Waals surface area contributed by atoms with Crippen LogP contribution in [0.3, 0.4) is 0 Å². The Kier molecular flexibility index (Phi) is 4.73. The second-order valence-corrected chi connectivity index (χ2v) is 6.43. The highest BCUT2D eigenvalue weighted by Gasteiger charge is 2.15. The van der Waals surface area contributed by atoms with Crippen LogP contribution in [0.2, 0.25) is 0 Å². The molecule has 1 amide bonds. The molecule has 140 valence electrons. The van der Waals surface area contributed by atoms with Gasteiger partial charge in [-0.05, 0) is 36.8 Å². The SMILES string of the molecule is CCn1cc(/C=C(\C#N)C(=O)NCc2ccc3c(c2)OCO3)c2ccccc21. The molecule has 0 saturated heterocycles. The van der Waals surface area contributed by atoms with Crippen molar-refractivity contribution in [3.63, 3.8) is 0 Å². The summed E-state index contributed by atoms with van der Waals surface area (Å²) in [4.78, 5) is 12.5. The van der Waals surface area contributed by atoms with Gasteiger partial charge in [0.15, 0.2) is 11.5 Å². The van der Waals surface area contributed by atoms with E-state index >= 15 is 0 Å². The number of aryl methyl sites for hydroxylation is 1. The Morgan fingerprint density at radius 3 is 2.89 bits per heavy atom. The maximum absolute atomic E-state index is 12.5. The molecule has 6 heteroatoms. The Balaban J connectivity index is 1.54. The number of fused-ring (bicyclic) bond motifs is 2. The topological polar surface area (TPSA) is 76.3 Å². The zero-order valence-electron chi connectivity index (χ0n) is 15.4. The Labute approximate surface area is 162 Å². The van der Waals surface area contributed by atoms with Gasteiger partial charge in [0.2, 0.25) is 6.79 Å². The third kappa shape index (κ3) is 3.30. The summed E-state index contributed by atoms with van der Waals surface area (Å²) in [6.07, 6.45) is 3.61. The highest BCUT2D eigenvalue weighted by Crippen LogP contribution is 2.32. The number of rotatable bonds is 5. The van der Waals surface area contributed by atoms with Crippen LogP contribution in [0.5, 0.6) is 11.5 Å². The molecule has 0 radical (unpaired) electrons. The molecule has 0 atom stereocenters. The number of aromatic nitrogens is 1. The molecule has 0 fully saturated rings. The monoisotopic (exact) mass is 373 g/mol. The summed E-state index contributed by atoms with van der Waals surface area (Å²) < 4.78 is 12.7. The first-order valence-corrected chi connectivity index (χ1v) is 9.06. The molecule has 28 heavy (non-hydrogen) atoms. The first kappa shape index (κ1) is 17.7. The van der Waals surface area contributed by atoms with Crippen molar-refractivity contribution in [3.8, 4) is 17.6 Å². The number of benzene rings is 2. The zero-order valence-corrected chi connectivity index (χ0v) is 15.4.